The van der Waals surface area contributed by atoms with Crippen molar-refractivity contribution in [2.75, 3.05) is 19.5 Å². The van der Waals surface area contributed by atoms with Gasteiger partial charge >= 0.3 is 5.97 Å². The van der Waals surface area contributed by atoms with Gasteiger partial charge in [-0.15, -0.1) is 0 Å². The van der Waals surface area contributed by atoms with Gasteiger partial charge in [0.25, 0.3) is 0 Å². The minimum absolute atomic E-state index is 0.0349. The fourth-order valence-corrected chi connectivity index (χ4v) is 3.58. The van der Waals surface area contributed by atoms with Crippen LogP contribution in [0.1, 0.15) is 40.3 Å². The summed E-state index contributed by atoms with van der Waals surface area (Å²) in [5, 5.41) is 28.7. The summed E-state index contributed by atoms with van der Waals surface area (Å²) in [5.41, 5.74) is 9.47. The molecule has 0 fully saturated rings. The van der Waals surface area contributed by atoms with E-state index >= 15 is 0 Å². The third kappa shape index (κ3) is 3.63. The highest BCUT2D eigenvalue weighted by atomic mass is 16.5. The number of anilines is 1. The molecule has 0 radical (unpaired) electrons. The molecule has 3 N–H and O–H groups in total. The van der Waals surface area contributed by atoms with E-state index in [1.54, 1.807) is 31.3 Å². The first-order valence-electron chi connectivity index (χ1n) is 9.20. The molecule has 1 aromatic carbocycles. The first kappa shape index (κ1) is 20.7. The van der Waals surface area contributed by atoms with Gasteiger partial charge in [-0.05, 0) is 24.6 Å². The smallest absolute Gasteiger partial charge is 0.317 e. The number of rotatable bonds is 5. The molecule has 1 aliphatic rings. The highest BCUT2D eigenvalue weighted by molar-refractivity contribution is 5.83. The van der Waals surface area contributed by atoms with Crippen molar-refractivity contribution in [3.63, 3.8) is 0 Å². The van der Waals surface area contributed by atoms with Crippen LogP contribution in [0, 0.1) is 35.5 Å². The van der Waals surface area contributed by atoms with E-state index in [4.69, 9.17) is 20.5 Å². The number of nitrogens with two attached hydrogens (primary N) is 1. The van der Waals surface area contributed by atoms with Crippen LogP contribution in [0.5, 0.6) is 5.75 Å². The highest BCUT2D eigenvalue weighted by Crippen LogP contribution is 2.47. The van der Waals surface area contributed by atoms with Gasteiger partial charge in [-0.2, -0.15) is 10.5 Å². The molecule has 1 heterocycles. The number of nitriles is 2. The number of benzene rings is 1. The number of hydrogen-bond acceptors (Lipinski definition) is 8. The van der Waals surface area contributed by atoms with Crippen LogP contribution >= 0.6 is 0 Å². The first-order chi connectivity index (χ1) is 14.4. The number of esters is 1. The Balaban J connectivity index is 2.23. The molecule has 2 atom stereocenters. The van der Waals surface area contributed by atoms with Crippen molar-refractivity contribution < 1.29 is 19.4 Å². The molecule has 0 saturated heterocycles. The Morgan fingerprint density at radius 1 is 1.37 bits per heavy atom. The summed E-state index contributed by atoms with van der Waals surface area (Å²) < 4.78 is 10.7. The topological polar surface area (TPSA) is 142 Å². The molecule has 0 saturated carbocycles. The number of carbonyl (C=O) groups excluding carboxylic acids is 1. The number of ether oxygens (including phenoxy) is 2. The number of pyridine rings is 1. The van der Waals surface area contributed by atoms with Crippen molar-refractivity contribution in [3.8, 4) is 17.9 Å². The summed E-state index contributed by atoms with van der Waals surface area (Å²) >= 11 is 0. The Hall–Kier alpha value is -4.04. The third-order valence-corrected chi connectivity index (χ3v) is 5.05. The van der Waals surface area contributed by atoms with Crippen molar-refractivity contribution in [2.24, 2.45) is 5.92 Å². The van der Waals surface area contributed by atoms with Gasteiger partial charge in [-0.1, -0.05) is 6.07 Å². The summed E-state index contributed by atoms with van der Waals surface area (Å²) in [4.78, 5) is 17.3. The van der Waals surface area contributed by atoms with E-state index in [0.717, 1.165) is 5.56 Å². The summed E-state index contributed by atoms with van der Waals surface area (Å²) in [6.07, 6.45) is 3.03. The maximum Gasteiger partial charge on any atom is 0.317 e. The lowest BCUT2D eigenvalue weighted by atomic mass is 9.74. The van der Waals surface area contributed by atoms with Gasteiger partial charge in [0, 0.05) is 35.0 Å². The Bertz CT molecular complexity index is 1110. The molecule has 0 amide bonds. The lowest BCUT2D eigenvalue weighted by Gasteiger charge is -2.32. The highest BCUT2D eigenvalue weighted by Gasteiger charge is 2.42. The molecular formula is C22H20N4O4. The molecule has 2 aromatic rings. The Kier molecular flexibility index (Phi) is 5.89. The number of aryl methyl sites for hydroxylation is 1. The number of hydrogen-bond donors (Lipinski definition) is 2. The molecule has 1 aliphatic carbocycles. The van der Waals surface area contributed by atoms with Gasteiger partial charge in [-0.25, -0.2) is 0 Å². The fraction of sp³-hybridized carbons (Fsp3) is 0.273. The second-order valence-corrected chi connectivity index (χ2v) is 6.82. The van der Waals surface area contributed by atoms with Gasteiger partial charge in [0.1, 0.15) is 24.0 Å². The van der Waals surface area contributed by atoms with Crippen LogP contribution in [0.3, 0.4) is 0 Å². The summed E-state index contributed by atoms with van der Waals surface area (Å²) in [6.45, 7) is 1.71. The quantitative estimate of drug-likeness (QED) is 0.572. The van der Waals surface area contributed by atoms with Crippen LogP contribution in [0.2, 0.25) is 0 Å². The van der Waals surface area contributed by atoms with Crippen molar-refractivity contribution in [3.05, 3.63) is 58.1 Å². The minimum Gasteiger partial charge on any atom is -0.511 e. The number of aliphatic hydroxyl groups is 1. The number of fused-ring (bicyclic) bond motifs is 1. The van der Waals surface area contributed by atoms with Crippen LogP contribution < -0.4 is 10.5 Å². The molecule has 1 aromatic heterocycles. The maximum atomic E-state index is 12.9. The van der Waals surface area contributed by atoms with Crippen LogP contribution in [0.25, 0.3) is 6.08 Å². The first-order valence-corrected chi connectivity index (χ1v) is 9.20. The molecule has 8 nitrogen and oxygen atoms in total. The monoisotopic (exact) mass is 404 g/mol. The number of nitrogens with zero attached hydrogens (tertiary/aromatic N) is 3. The van der Waals surface area contributed by atoms with E-state index in [9.17, 15) is 15.2 Å². The van der Waals surface area contributed by atoms with Crippen LogP contribution in [-0.4, -0.2) is 29.8 Å². The van der Waals surface area contributed by atoms with Crippen molar-refractivity contribution in [1.29, 1.82) is 10.5 Å². The third-order valence-electron chi connectivity index (χ3n) is 5.05. The number of aliphatic hydroxyl groups excluding tert-OH is 1. The summed E-state index contributed by atoms with van der Waals surface area (Å²) in [7, 11) is 1.46. The number of aromatic nitrogens is 1. The SMILES string of the molecule is COc1cc(C#N)ccc1C1c2c(ncc(C)c2N)C=C(O)C1C(=O)OCCC#N. The molecule has 3 rings (SSSR count). The predicted molar refractivity (Wildman–Crippen MR) is 108 cm³/mol. The van der Waals surface area contributed by atoms with Gasteiger partial charge < -0.3 is 20.3 Å². The van der Waals surface area contributed by atoms with Gasteiger partial charge in [0.15, 0.2) is 0 Å². The molecule has 0 spiro atoms. The molecular weight excluding hydrogens is 384 g/mol. The second-order valence-electron chi connectivity index (χ2n) is 6.82. The predicted octanol–water partition coefficient (Wildman–Crippen LogP) is 2.97. The maximum absolute atomic E-state index is 12.9. The fourth-order valence-electron chi connectivity index (χ4n) is 3.58. The van der Waals surface area contributed by atoms with Crippen LogP contribution in [0.4, 0.5) is 5.69 Å². The van der Waals surface area contributed by atoms with E-state index in [1.807, 2.05) is 12.1 Å². The molecule has 0 aliphatic heterocycles. The largest absolute Gasteiger partial charge is 0.511 e. The normalized spacial score (nSPS) is 17.1. The van der Waals surface area contributed by atoms with E-state index in [-0.39, 0.29) is 18.8 Å². The Labute approximate surface area is 173 Å². The standard InChI is InChI=1S/C22H20N4O4/c1-12-11-26-15-9-16(27)20(22(28)30-7-3-6-23)18(19(15)21(12)25)14-5-4-13(10-24)8-17(14)29-2/h4-5,8-9,11,18,20,27H,3,7H2,1-2H3,(H2,25,26). The Morgan fingerprint density at radius 3 is 2.80 bits per heavy atom. The zero-order chi connectivity index (χ0) is 21.8. The van der Waals surface area contributed by atoms with Crippen LogP contribution in [0.15, 0.2) is 30.2 Å². The summed E-state index contributed by atoms with van der Waals surface area (Å²) in [6, 6.07) is 8.78. The average molecular weight is 404 g/mol. The van der Waals surface area contributed by atoms with E-state index in [0.29, 0.717) is 33.8 Å². The molecule has 30 heavy (non-hydrogen) atoms. The molecule has 0 bridgehead atoms. The average Bonchev–Trinajstić information content (AvgIpc) is 2.75. The zero-order valence-corrected chi connectivity index (χ0v) is 16.5. The van der Waals surface area contributed by atoms with Crippen molar-refractivity contribution >= 4 is 17.7 Å². The lowest BCUT2D eigenvalue weighted by Crippen LogP contribution is -2.31. The van der Waals surface area contributed by atoms with Gasteiger partial charge in [0.05, 0.1) is 36.9 Å². The van der Waals surface area contributed by atoms with Gasteiger partial charge in [-0.3, -0.25) is 9.78 Å². The van der Waals surface area contributed by atoms with Crippen molar-refractivity contribution in [2.45, 2.75) is 19.3 Å². The summed E-state index contributed by atoms with van der Waals surface area (Å²) in [5.74, 6) is -2.41. The number of methoxy groups -OCH3 is 1. The molecule has 152 valence electrons. The van der Waals surface area contributed by atoms with Crippen molar-refractivity contribution in [1.82, 2.24) is 4.98 Å². The zero-order valence-electron chi connectivity index (χ0n) is 16.5. The lowest BCUT2D eigenvalue weighted by molar-refractivity contribution is -0.148. The van der Waals surface area contributed by atoms with E-state index in [2.05, 4.69) is 4.98 Å². The molecule has 2 unspecified atom stereocenters. The van der Waals surface area contributed by atoms with Gasteiger partial charge in [0.2, 0.25) is 0 Å². The number of nitrogen functional groups attached to an aromatic ring is 1. The Morgan fingerprint density at radius 2 is 2.13 bits per heavy atom. The minimum atomic E-state index is -1.11. The molecule has 8 heteroatoms. The number of carbonyl (C=O) groups is 1. The van der Waals surface area contributed by atoms with E-state index < -0.39 is 17.8 Å². The van der Waals surface area contributed by atoms with E-state index in [1.165, 1.54) is 13.2 Å². The second kappa shape index (κ2) is 8.54. The van der Waals surface area contributed by atoms with Crippen LogP contribution in [-0.2, 0) is 9.53 Å².